The fraction of sp³-hybridized carbons (Fsp3) is 0.500. The molecule has 0 fully saturated rings. The zero-order valence-corrected chi connectivity index (χ0v) is 10.9. The van der Waals surface area contributed by atoms with E-state index in [1.165, 1.54) is 11.1 Å². The number of nitrogens with one attached hydrogen (secondary N) is 2. The Morgan fingerprint density at radius 3 is 2.83 bits per heavy atom. The first kappa shape index (κ1) is 14.7. The van der Waals surface area contributed by atoms with Gasteiger partial charge in [-0.15, -0.1) is 0 Å². The first-order chi connectivity index (χ1) is 8.76. The van der Waals surface area contributed by atoms with Crippen molar-refractivity contribution in [2.24, 2.45) is 0 Å². The van der Waals surface area contributed by atoms with Crippen LogP contribution in [0.25, 0.3) is 0 Å². The van der Waals surface area contributed by atoms with Crippen LogP contribution >= 0.6 is 0 Å². The molecule has 0 aromatic heterocycles. The molecule has 0 saturated heterocycles. The molecule has 0 spiro atoms. The minimum atomic E-state index is -0.547. The van der Waals surface area contributed by atoms with E-state index in [9.17, 15) is 9.90 Å². The highest BCUT2D eigenvalue weighted by Gasteiger charge is 2.02. The van der Waals surface area contributed by atoms with Crippen LogP contribution in [0.2, 0.25) is 0 Å². The molecule has 0 heterocycles. The molecule has 0 aliphatic rings. The SMILES string of the molecule is CCCc1cccc(CNCC(O)CNC=O)c1. The van der Waals surface area contributed by atoms with Gasteiger partial charge < -0.3 is 15.7 Å². The third-order valence-corrected chi connectivity index (χ3v) is 2.68. The number of carbonyl (C=O) groups is 1. The summed E-state index contributed by atoms with van der Waals surface area (Å²) in [4.78, 5) is 10.1. The van der Waals surface area contributed by atoms with E-state index in [1.54, 1.807) is 0 Å². The predicted octanol–water partition coefficient (Wildman–Crippen LogP) is 0.836. The van der Waals surface area contributed by atoms with Gasteiger partial charge in [0.25, 0.3) is 0 Å². The Morgan fingerprint density at radius 2 is 2.11 bits per heavy atom. The summed E-state index contributed by atoms with van der Waals surface area (Å²) in [6.45, 7) is 3.65. The molecule has 1 aromatic carbocycles. The summed E-state index contributed by atoms with van der Waals surface area (Å²) in [7, 11) is 0. The number of amides is 1. The maximum atomic E-state index is 10.1. The van der Waals surface area contributed by atoms with Crippen LogP contribution < -0.4 is 10.6 Å². The van der Waals surface area contributed by atoms with Crippen molar-refractivity contribution in [1.82, 2.24) is 10.6 Å². The van der Waals surface area contributed by atoms with E-state index < -0.39 is 6.10 Å². The Labute approximate surface area is 108 Å². The lowest BCUT2D eigenvalue weighted by Gasteiger charge is -2.11. The van der Waals surface area contributed by atoms with Crippen LogP contribution in [0.15, 0.2) is 24.3 Å². The van der Waals surface area contributed by atoms with Crippen molar-refractivity contribution in [1.29, 1.82) is 0 Å². The molecule has 18 heavy (non-hydrogen) atoms. The summed E-state index contributed by atoms with van der Waals surface area (Å²) in [6.07, 6.45) is 2.29. The molecule has 0 saturated carbocycles. The Bertz CT molecular complexity index is 355. The molecule has 1 atom stereocenters. The molecule has 1 unspecified atom stereocenters. The van der Waals surface area contributed by atoms with E-state index >= 15 is 0 Å². The molecule has 4 heteroatoms. The standard InChI is InChI=1S/C14H22N2O2/c1-2-4-12-5-3-6-13(7-12)8-15-9-14(18)10-16-11-17/h3,5-7,11,14-15,18H,2,4,8-10H2,1H3,(H,16,17). The van der Waals surface area contributed by atoms with Crippen molar-refractivity contribution < 1.29 is 9.90 Å². The Kier molecular flexibility index (Phi) is 7.06. The van der Waals surface area contributed by atoms with Crippen LogP contribution in [0, 0.1) is 0 Å². The molecule has 1 aromatic rings. The van der Waals surface area contributed by atoms with Gasteiger partial charge in [0.2, 0.25) is 6.41 Å². The molecule has 0 aliphatic heterocycles. The van der Waals surface area contributed by atoms with E-state index in [2.05, 4.69) is 41.8 Å². The topological polar surface area (TPSA) is 61.4 Å². The lowest BCUT2D eigenvalue weighted by molar-refractivity contribution is -0.109. The number of aryl methyl sites for hydroxylation is 1. The van der Waals surface area contributed by atoms with Gasteiger partial charge in [-0.3, -0.25) is 4.79 Å². The lowest BCUT2D eigenvalue weighted by atomic mass is 10.1. The number of carbonyl (C=O) groups excluding carboxylic acids is 1. The Hall–Kier alpha value is -1.39. The van der Waals surface area contributed by atoms with Crippen LogP contribution in [0.3, 0.4) is 0 Å². The van der Waals surface area contributed by atoms with Crippen molar-refractivity contribution in [3.8, 4) is 0 Å². The molecule has 0 aliphatic carbocycles. The van der Waals surface area contributed by atoms with Gasteiger partial charge in [-0.05, 0) is 17.5 Å². The fourth-order valence-corrected chi connectivity index (χ4v) is 1.82. The Morgan fingerprint density at radius 1 is 1.33 bits per heavy atom. The van der Waals surface area contributed by atoms with Gasteiger partial charge in [-0.2, -0.15) is 0 Å². The average Bonchev–Trinajstić information content (AvgIpc) is 2.37. The Balaban J connectivity index is 2.30. The number of aliphatic hydroxyl groups is 1. The first-order valence-corrected chi connectivity index (χ1v) is 6.40. The van der Waals surface area contributed by atoms with Gasteiger partial charge in [-0.25, -0.2) is 0 Å². The number of hydrogen-bond donors (Lipinski definition) is 3. The third kappa shape index (κ3) is 5.80. The van der Waals surface area contributed by atoms with E-state index in [0.29, 0.717) is 13.0 Å². The van der Waals surface area contributed by atoms with Crippen molar-refractivity contribution in [2.75, 3.05) is 13.1 Å². The lowest BCUT2D eigenvalue weighted by Crippen LogP contribution is -2.34. The van der Waals surface area contributed by atoms with Crippen molar-refractivity contribution in [3.05, 3.63) is 35.4 Å². The van der Waals surface area contributed by atoms with Crippen LogP contribution in [-0.2, 0) is 17.8 Å². The van der Waals surface area contributed by atoms with Crippen LogP contribution in [0.4, 0.5) is 0 Å². The highest BCUT2D eigenvalue weighted by atomic mass is 16.3. The smallest absolute Gasteiger partial charge is 0.207 e. The van der Waals surface area contributed by atoms with Gasteiger partial charge >= 0.3 is 0 Å². The largest absolute Gasteiger partial charge is 0.390 e. The second kappa shape index (κ2) is 8.66. The van der Waals surface area contributed by atoms with Gasteiger partial charge in [-0.1, -0.05) is 37.6 Å². The van der Waals surface area contributed by atoms with E-state index in [1.807, 2.05) is 0 Å². The monoisotopic (exact) mass is 250 g/mol. The minimum absolute atomic E-state index is 0.284. The van der Waals surface area contributed by atoms with Crippen LogP contribution in [-0.4, -0.2) is 30.7 Å². The summed E-state index contributed by atoms with van der Waals surface area (Å²) in [5, 5.41) is 15.1. The first-order valence-electron chi connectivity index (χ1n) is 6.40. The van der Waals surface area contributed by atoms with Crippen molar-refractivity contribution in [3.63, 3.8) is 0 Å². The molecule has 3 N–H and O–H groups in total. The molecular weight excluding hydrogens is 228 g/mol. The fourth-order valence-electron chi connectivity index (χ4n) is 1.82. The molecule has 0 radical (unpaired) electrons. The van der Waals surface area contributed by atoms with Gasteiger partial charge in [0.1, 0.15) is 0 Å². The molecular formula is C14H22N2O2. The highest BCUT2D eigenvalue weighted by molar-refractivity contribution is 5.45. The maximum absolute atomic E-state index is 10.1. The zero-order valence-electron chi connectivity index (χ0n) is 10.9. The molecule has 1 amide bonds. The minimum Gasteiger partial charge on any atom is -0.390 e. The van der Waals surface area contributed by atoms with Gasteiger partial charge in [0.15, 0.2) is 0 Å². The molecule has 0 bridgehead atoms. The summed E-state index contributed by atoms with van der Waals surface area (Å²) >= 11 is 0. The average molecular weight is 250 g/mol. The molecule has 4 nitrogen and oxygen atoms in total. The number of hydrogen-bond acceptors (Lipinski definition) is 3. The number of aliphatic hydroxyl groups excluding tert-OH is 1. The molecule has 1 rings (SSSR count). The van der Waals surface area contributed by atoms with E-state index in [0.717, 1.165) is 19.4 Å². The van der Waals surface area contributed by atoms with Crippen molar-refractivity contribution >= 4 is 6.41 Å². The zero-order chi connectivity index (χ0) is 13.2. The maximum Gasteiger partial charge on any atom is 0.207 e. The summed E-state index contributed by atoms with van der Waals surface area (Å²) < 4.78 is 0. The third-order valence-electron chi connectivity index (χ3n) is 2.68. The number of benzene rings is 1. The van der Waals surface area contributed by atoms with Crippen LogP contribution in [0.1, 0.15) is 24.5 Å². The van der Waals surface area contributed by atoms with Gasteiger partial charge in [0, 0.05) is 19.6 Å². The second-order valence-electron chi connectivity index (χ2n) is 4.38. The van der Waals surface area contributed by atoms with E-state index in [-0.39, 0.29) is 6.54 Å². The molecule has 100 valence electrons. The van der Waals surface area contributed by atoms with E-state index in [4.69, 9.17) is 0 Å². The predicted molar refractivity (Wildman–Crippen MR) is 72.2 cm³/mol. The number of rotatable bonds is 9. The highest BCUT2D eigenvalue weighted by Crippen LogP contribution is 2.07. The summed E-state index contributed by atoms with van der Waals surface area (Å²) in [5.41, 5.74) is 2.57. The van der Waals surface area contributed by atoms with Crippen LogP contribution in [0.5, 0.6) is 0 Å². The normalized spacial score (nSPS) is 12.1. The quantitative estimate of drug-likeness (QED) is 0.569. The summed E-state index contributed by atoms with van der Waals surface area (Å²) in [6, 6.07) is 8.46. The summed E-state index contributed by atoms with van der Waals surface area (Å²) in [5.74, 6) is 0. The van der Waals surface area contributed by atoms with Gasteiger partial charge in [0.05, 0.1) is 6.10 Å². The second-order valence-corrected chi connectivity index (χ2v) is 4.38. The van der Waals surface area contributed by atoms with Crippen molar-refractivity contribution in [2.45, 2.75) is 32.4 Å².